The Labute approximate surface area is 166 Å². The van der Waals surface area contributed by atoms with Gasteiger partial charge in [-0.15, -0.1) is 0 Å². The highest BCUT2D eigenvalue weighted by molar-refractivity contribution is 5.95. The summed E-state index contributed by atoms with van der Waals surface area (Å²) in [5, 5.41) is 0. The van der Waals surface area contributed by atoms with Gasteiger partial charge in [-0.25, -0.2) is 0 Å². The third-order valence-electron chi connectivity index (χ3n) is 5.02. The van der Waals surface area contributed by atoms with E-state index in [4.69, 9.17) is 14.2 Å². The number of nitrogens with zero attached hydrogens (tertiary/aromatic N) is 2. The Morgan fingerprint density at radius 3 is 2.21 bits per heavy atom. The predicted molar refractivity (Wildman–Crippen MR) is 109 cm³/mol. The maximum absolute atomic E-state index is 12.9. The van der Waals surface area contributed by atoms with Gasteiger partial charge in [0.2, 0.25) is 0 Å². The Morgan fingerprint density at radius 1 is 0.964 bits per heavy atom. The molecule has 28 heavy (non-hydrogen) atoms. The summed E-state index contributed by atoms with van der Waals surface area (Å²) < 4.78 is 16.4. The van der Waals surface area contributed by atoms with Crippen LogP contribution in [-0.2, 0) is 0 Å². The molecule has 6 heteroatoms. The molecule has 0 saturated carbocycles. The largest absolute Gasteiger partial charge is 0.497 e. The van der Waals surface area contributed by atoms with Crippen molar-refractivity contribution in [2.45, 2.75) is 6.92 Å². The maximum Gasteiger partial charge on any atom is 0.254 e. The summed E-state index contributed by atoms with van der Waals surface area (Å²) in [6.45, 7) is 6.61. The number of methoxy groups -OCH3 is 2. The van der Waals surface area contributed by atoms with E-state index in [1.54, 1.807) is 32.4 Å². The standard InChI is InChI=1S/C22H28N2O4/c1-17-6-4-5-7-21(17)28-13-12-23-8-10-24(11-9-23)22(25)18-14-19(26-2)16-20(15-18)27-3/h4-7,14-16H,8-13H2,1-3H3. The fourth-order valence-electron chi connectivity index (χ4n) is 3.29. The van der Waals surface area contributed by atoms with Crippen LogP contribution in [0, 0.1) is 6.92 Å². The second-order valence-electron chi connectivity index (χ2n) is 6.85. The molecule has 0 unspecified atom stereocenters. The average Bonchev–Trinajstić information content (AvgIpc) is 2.74. The summed E-state index contributed by atoms with van der Waals surface area (Å²) in [6, 6.07) is 13.3. The molecule has 0 aromatic heterocycles. The predicted octanol–water partition coefficient (Wildman–Crippen LogP) is 2.85. The van der Waals surface area contributed by atoms with Gasteiger partial charge in [0.15, 0.2) is 0 Å². The van der Waals surface area contributed by atoms with Crippen LogP contribution >= 0.6 is 0 Å². The molecule has 3 rings (SSSR count). The lowest BCUT2D eigenvalue weighted by Gasteiger charge is -2.34. The van der Waals surface area contributed by atoms with Crippen molar-refractivity contribution in [1.82, 2.24) is 9.80 Å². The van der Waals surface area contributed by atoms with Gasteiger partial charge in [-0.2, -0.15) is 0 Å². The van der Waals surface area contributed by atoms with E-state index < -0.39 is 0 Å². The third kappa shape index (κ3) is 4.95. The fourth-order valence-corrected chi connectivity index (χ4v) is 3.29. The molecule has 1 amide bonds. The first-order valence-electron chi connectivity index (χ1n) is 9.54. The molecule has 0 atom stereocenters. The average molecular weight is 384 g/mol. The SMILES string of the molecule is COc1cc(OC)cc(C(=O)N2CCN(CCOc3ccccc3C)CC2)c1. The minimum Gasteiger partial charge on any atom is -0.497 e. The van der Waals surface area contributed by atoms with Crippen LogP contribution in [0.2, 0.25) is 0 Å². The molecule has 0 radical (unpaired) electrons. The quantitative estimate of drug-likeness (QED) is 0.735. The van der Waals surface area contributed by atoms with Crippen molar-refractivity contribution >= 4 is 5.91 Å². The van der Waals surface area contributed by atoms with E-state index in [9.17, 15) is 4.79 Å². The number of amides is 1. The van der Waals surface area contributed by atoms with Crippen LogP contribution in [-0.4, -0.2) is 69.3 Å². The van der Waals surface area contributed by atoms with Crippen LogP contribution in [0.5, 0.6) is 17.2 Å². The lowest BCUT2D eigenvalue weighted by molar-refractivity contribution is 0.0619. The van der Waals surface area contributed by atoms with Crippen LogP contribution in [0.1, 0.15) is 15.9 Å². The van der Waals surface area contributed by atoms with Crippen molar-refractivity contribution in [2.75, 3.05) is 53.6 Å². The van der Waals surface area contributed by atoms with Crippen LogP contribution < -0.4 is 14.2 Å². The van der Waals surface area contributed by atoms with E-state index in [1.165, 1.54) is 0 Å². The number of hydrogen-bond acceptors (Lipinski definition) is 5. The van der Waals surface area contributed by atoms with Gasteiger partial charge in [-0.05, 0) is 30.7 Å². The summed E-state index contributed by atoms with van der Waals surface area (Å²) in [4.78, 5) is 17.1. The second kappa shape index (κ2) is 9.46. The third-order valence-corrected chi connectivity index (χ3v) is 5.02. The zero-order valence-corrected chi connectivity index (χ0v) is 16.8. The first-order valence-corrected chi connectivity index (χ1v) is 9.54. The summed E-state index contributed by atoms with van der Waals surface area (Å²) in [6.07, 6.45) is 0. The van der Waals surface area contributed by atoms with Crippen molar-refractivity contribution in [3.63, 3.8) is 0 Å². The maximum atomic E-state index is 12.9. The molecule has 150 valence electrons. The zero-order chi connectivity index (χ0) is 19.9. The molecule has 0 spiro atoms. The Bertz CT molecular complexity index is 779. The van der Waals surface area contributed by atoms with Crippen molar-refractivity contribution in [3.05, 3.63) is 53.6 Å². The highest BCUT2D eigenvalue weighted by atomic mass is 16.5. The minimum atomic E-state index is 0.00742. The van der Waals surface area contributed by atoms with Crippen LogP contribution in [0.15, 0.2) is 42.5 Å². The normalized spacial score (nSPS) is 14.6. The first kappa shape index (κ1) is 20.0. The number of rotatable bonds is 7. The Balaban J connectivity index is 1.49. The highest BCUT2D eigenvalue weighted by Crippen LogP contribution is 2.24. The molecule has 0 aliphatic carbocycles. The Kier molecular flexibility index (Phi) is 6.76. The van der Waals surface area contributed by atoms with Crippen LogP contribution in [0.4, 0.5) is 0 Å². The minimum absolute atomic E-state index is 0.00742. The lowest BCUT2D eigenvalue weighted by Crippen LogP contribution is -2.49. The van der Waals surface area contributed by atoms with Gasteiger partial charge in [0.05, 0.1) is 14.2 Å². The molecule has 6 nitrogen and oxygen atoms in total. The van der Waals surface area contributed by atoms with Crippen molar-refractivity contribution in [3.8, 4) is 17.2 Å². The molecule has 0 bridgehead atoms. The molecular formula is C22H28N2O4. The summed E-state index contributed by atoms with van der Waals surface area (Å²) in [7, 11) is 3.17. The Morgan fingerprint density at radius 2 is 1.61 bits per heavy atom. The molecule has 1 aliphatic rings. The number of carbonyl (C=O) groups is 1. The smallest absolute Gasteiger partial charge is 0.254 e. The zero-order valence-electron chi connectivity index (χ0n) is 16.8. The van der Waals surface area contributed by atoms with Gasteiger partial charge in [-0.1, -0.05) is 18.2 Å². The molecule has 2 aromatic rings. The number of para-hydroxylation sites is 1. The summed E-state index contributed by atoms with van der Waals surface area (Å²) in [5.41, 5.74) is 1.74. The molecule has 1 fully saturated rings. The van der Waals surface area contributed by atoms with Crippen molar-refractivity contribution in [2.24, 2.45) is 0 Å². The summed E-state index contributed by atoms with van der Waals surface area (Å²) in [5.74, 6) is 2.18. The van der Waals surface area contributed by atoms with E-state index in [-0.39, 0.29) is 5.91 Å². The van der Waals surface area contributed by atoms with Crippen molar-refractivity contribution < 1.29 is 19.0 Å². The van der Waals surface area contributed by atoms with E-state index in [1.807, 2.05) is 36.1 Å². The lowest BCUT2D eigenvalue weighted by atomic mass is 10.1. The highest BCUT2D eigenvalue weighted by Gasteiger charge is 2.23. The van der Waals surface area contributed by atoms with Crippen LogP contribution in [0.25, 0.3) is 0 Å². The van der Waals surface area contributed by atoms with Gasteiger partial charge < -0.3 is 19.1 Å². The Hall–Kier alpha value is -2.73. The summed E-state index contributed by atoms with van der Waals surface area (Å²) >= 11 is 0. The fraction of sp³-hybridized carbons (Fsp3) is 0.409. The molecule has 1 heterocycles. The molecule has 1 saturated heterocycles. The number of aryl methyl sites for hydroxylation is 1. The van der Waals surface area contributed by atoms with Gasteiger partial charge in [0.25, 0.3) is 5.91 Å². The van der Waals surface area contributed by atoms with E-state index in [0.29, 0.717) is 36.8 Å². The van der Waals surface area contributed by atoms with Gasteiger partial charge >= 0.3 is 0 Å². The first-order chi connectivity index (χ1) is 13.6. The number of hydrogen-bond donors (Lipinski definition) is 0. The second-order valence-corrected chi connectivity index (χ2v) is 6.85. The number of carbonyl (C=O) groups excluding carboxylic acids is 1. The van der Waals surface area contributed by atoms with Gasteiger partial charge in [0.1, 0.15) is 23.9 Å². The molecule has 1 aliphatic heterocycles. The van der Waals surface area contributed by atoms with Crippen LogP contribution in [0.3, 0.4) is 0 Å². The van der Waals surface area contributed by atoms with E-state index in [2.05, 4.69) is 4.90 Å². The molecule has 2 aromatic carbocycles. The van der Waals surface area contributed by atoms with Gasteiger partial charge in [-0.3, -0.25) is 9.69 Å². The monoisotopic (exact) mass is 384 g/mol. The topological polar surface area (TPSA) is 51.2 Å². The molecular weight excluding hydrogens is 356 g/mol. The van der Waals surface area contributed by atoms with Gasteiger partial charge in [0, 0.05) is 44.4 Å². The molecule has 0 N–H and O–H groups in total. The number of ether oxygens (including phenoxy) is 3. The number of benzene rings is 2. The van der Waals surface area contributed by atoms with Crippen molar-refractivity contribution in [1.29, 1.82) is 0 Å². The number of piperazine rings is 1. The van der Waals surface area contributed by atoms with E-state index >= 15 is 0 Å². The van der Waals surface area contributed by atoms with E-state index in [0.717, 1.165) is 30.9 Å².